The zero-order chi connectivity index (χ0) is 20.5. The maximum absolute atomic E-state index is 12.0. The van der Waals surface area contributed by atoms with Crippen molar-refractivity contribution in [1.29, 1.82) is 0 Å². The fourth-order valence-corrected chi connectivity index (χ4v) is 3.91. The highest BCUT2D eigenvalue weighted by Crippen LogP contribution is 2.44. The van der Waals surface area contributed by atoms with E-state index in [0.29, 0.717) is 23.9 Å². The van der Waals surface area contributed by atoms with E-state index in [-0.39, 0.29) is 31.0 Å². The third kappa shape index (κ3) is 6.36. The molecule has 2 aliphatic rings. The Morgan fingerprint density at radius 3 is 2.61 bits per heavy atom. The van der Waals surface area contributed by atoms with Crippen molar-refractivity contribution in [2.45, 2.75) is 57.2 Å². The average molecular weight is 392 g/mol. The smallest absolute Gasteiger partial charge is 0.303 e. The van der Waals surface area contributed by atoms with Gasteiger partial charge in [0.2, 0.25) is 5.91 Å². The van der Waals surface area contributed by atoms with Crippen LogP contribution in [0, 0.1) is 24.2 Å². The van der Waals surface area contributed by atoms with Crippen LogP contribution in [0.5, 0.6) is 0 Å². The third-order valence-corrected chi connectivity index (χ3v) is 5.30. The van der Waals surface area contributed by atoms with E-state index in [1.54, 1.807) is 0 Å². The summed E-state index contributed by atoms with van der Waals surface area (Å²) in [5.74, 6) is 0.682. The largest absolute Gasteiger partial charge is 0.481 e. The number of hydrogen-bond donors (Lipinski definition) is 3. The Balaban J connectivity index is 1.77. The number of aliphatic carboxylic acids is 1. The van der Waals surface area contributed by atoms with E-state index >= 15 is 0 Å². The number of allylic oxidation sites excluding steroid dienone is 2. The number of carbonyl (C=O) groups is 3. The molecular weight excluding hydrogens is 364 g/mol. The van der Waals surface area contributed by atoms with E-state index in [9.17, 15) is 19.6 Å². The standard InChI is InChI=1S/C20H28N2O6/c1-2-7-19(24)22(27)13-18(23)21-12-15-14(16-10-11-17(15)28-16)8-5-3-4-6-9-20(25)26/h1,3,5,14-17,27H,4,6-13H2,(H,21,23)(H,25,26)/t14-,15+,16-,17+/m1/s1. The molecule has 154 valence electrons. The lowest BCUT2D eigenvalue weighted by Gasteiger charge is -2.27. The molecule has 0 aromatic carbocycles. The van der Waals surface area contributed by atoms with Gasteiger partial charge in [-0.2, -0.15) is 0 Å². The molecule has 28 heavy (non-hydrogen) atoms. The van der Waals surface area contributed by atoms with Gasteiger partial charge in [0.25, 0.3) is 5.91 Å². The molecule has 4 atom stereocenters. The van der Waals surface area contributed by atoms with E-state index in [4.69, 9.17) is 16.3 Å². The summed E-state index contributed by atoms with van der Waals surface area (Å²) in [6.07, 6.45) is 13.4. The van der Waals surface area contributed by atoms with Crippen LogP contribution in [0.25, 0.3) is 0 Å². The normalized spacial score (nSPS) is 25.6. The first kappa shape index (κ1) is 21.9. The quantitative estimate of drug-likeness (QED) is 0.161. The van der Waals surface area contributed by atoms with Gasteiger partial charge in [-0.1, -0.05) is 18.1 Å². The summed E-state index contributed by atoms with van der Waals surface area (Å²) in [6, 6.07) is 0. The summed E-state index contributed by atoms with van der Waals surface area (Å²) < 4.78 is 5.99. The van der Waals surface area contributed by atoms with Crippen LogP contribution in [-0.2, 0) is 19.1 Å². The number of amides is 2. The van der Waals surface area contributed by atoms with Crippen molar-refractivity contribution < 1.29 is 29.4 Å². The van der Waals surface area contributed by atoms with Crippen molar-refractivity contribution >= 4 is 17.8 Å². The maximum Gasteiger partial charge on any atom is 0.303 e. The summed E-state index contributed by atoms with van der Waals surface area (Å²) >= 11 is 0. The Labute approximate surface area is 164 Å². The Kier molecular flexibility index (Phi) is 8.48. The number of nitrogens with zero attached hydrogens (tertiary/aromatic N) is 1. The van der Waals surface area contributed by atoms with Crippen LogP contribution in [0.1, 0.15) is 44.9 Å². The van der Waals surface area contributed by atoms with E-state index in [2.05, 4.69) is 17.3 Å². The Bertz CT molecular complexity index is 641. The summed E-state index contributed by atoms with van der Waals surface area (Å²) in [4.78, 5) is 33.9. The molecule has 0 aliphatic carbocycles. The molecule has 2 aliphatic heterocycles. The van der Waals surface area contributed by atoms with Gasteiger partial charge in [0.15, 0.2) is 0 Å². The molecule has 0 aromatic rings. The van der Waals surface area contributed by atoms with Crippen molar-refractivity contribution in [2.24, 2.45) is 11.8 Å². The van der Waals surface area contributed by atoms with Gasteiger partial charge in [-0.05, 0) is 38.0 Å². The second-order valence-electron chi connectivity index (χ2n) is 7.25. The van der Waals surface area contributed by atoms with Crippen LogP contribution in [0.2, 0.25) is 0 Å². The predicted molar refractivity (Wildman–Crippen MR) is 100 cm³/mol. The number of terminal acetylenes is 1. The first-order chi connectivity index (χ1) is 13.4. The minimum atomic E-state index is -0.784. The Morgan fingerprint density at radius 2 is 1.93 bits per heavy atom. The van der Waals surface area contributed by atoms with Crippen LogP contribution < -0.4 is 5.32 Å². The molecule has 8 heteroatoms. The highest BCUT2D eigenvalue weighted by Gasteiger charge is 2.47. The van der Waals surface area contributed by atoms with E-state index < -0.39 is 24.3 Å². The number of carboxylic acids is 1. The molecule has 2 bridgehead atoms. The lowest BCUT2D eigenvalue weighted by atomic mass is 9.77. The average Bonchev–Trinajstić information content (AvgIpc) is 3.24. The molecule has 2 saturated heterocycles. The summed E-state index contributed by atoms with van der Waals surface area (Å²) in [5, 5.41) is 21.3. The lowest BCUT2D eigenvalue weighted by molar-refractivity contribution is -0.167. The zero-order valence-electron chi connectivity index (χ0n) is 15.9. The summed E-state index contributed by atoms with van der Waals surface area (Å²) in [6.45, 7) is -0.0228. The number of unbranched alkanes of at least 4 members (excludes halogenated alkanes) is 1. The van der Waals surface area contributed by atoms with E-state index in [1.165, 1.54) is 0 Å². The van der Waals surface area contributed by atoms with Gasteiger partial charge < -0.3 is 15.2 Å². The van der Waals surface area contributed by atoms with Crippen LogP contribution in [0.15, 0.2) is 12.2 Å². The number of ether oxygens (including phenoxy) is 1. The monoisotopic (exact) mass is 392 g/mol. The van der Waals surface area contributed by atoms with E-state index in [0.717, 1.165) is 25.7 Å². The van der Waals surface area contributed by atoms with Gasteiger partial charge in [0, 0.05) is 18.9 Å². The first-order valence-corrected chi connectivity index (χ1v) is 9.64. The van der Waals surface area contributed by atoms with Crippen LogP contribution >= 0.6 is 0 Å². The van der Waals surface area contributed by atoms with Gasteiger partial charge in [0.1, 0.15) is 6.54 Å². The minimum absolute atomic E-state index is 0.115. The number of carboxylic acid groups (broad SMARTS) is 1. The van der Waals surface area contributed by atoms with Gasteiger partial charge in [-0.3, -0.25) is 19.6 Å². The molecule has 2 amide bonds. The van der Waals surface area contributed by atoms with Crippen molar-refractivity contribution in [2.75, 3.05) is 13.1 Å². The molecule has 3 N–H and O–H groups in total. The van der Waals surface area contributed by atoms with Gasteiger partial charge in [0.05, 0.1) is 18.6 Å². The number of carbonyl (C=O) groups excluding carboxylic acids is 2. The molecule has 2 heterocycles. The summed E-state index contributed by atoms with van der Waals surface area (Å²) in [7, 11) is 0. The number of hydrogen-bond acceptors (Lipinski definition) is 5. The fourth-order valence-electron chi connectivity index (χ4n) is 3.91. The first-order valence-electron chi connectivity index (χ1n) is 9.64. The maximum atomic E-state index is 12.0. The van der Waals surface area contributed by atoms with Gasteiger partial charge in [-0.15, -0.1) is 6.42 Å². The summed E-state index contributed by atoms with van der Waals surface area (Å²) in [5.41, 5.74) is 0. The molecule has 2 fully saturated rings. The SMILES string of the molecule is C#CCC(=O)N(O)CC(=O)NC[C@H]1[C@@H](CC=CCCCC(=O)O)[C@H]2CC[C@@H]1O2. The van der Waals surface area contributed by atoms with Crippen molar-refractivity contribution in [3.63, 3.8) is 0 Å². The molecule has 8 nitrogen and oxygen atoms in total. The molecule has 0 aromatic heterocycles. The second-order valence-corrected chi connectivity index (χ2v) is 7.25. The minimum Gasteiger partial charge on any atom is -0.481 e. The highest BCUT2D eigenvalue weighted by molar-refractivity contribution is 5.84. The number of fused-ring (bicyclic) bond motifs is 2. The highest BCUT2D eigenvalue weighted by atomic mass is 16.5. The topological polar surface area (TPSA) is 116 Å². The molecule has 0 unspecified atom stereocenters. The van der Waals surface area contributed by atoms with Crippen molar-refractivity contribution in [3.8, 4) is 12.3 Å². The van der Waals surface area contributed by atoms with Crippen LogP contribution in [0.3, 0.4) is 0 Å². The predicted octanol–water partition coefficient (Wildman–Crippen LogP) is 1.34. The molecule has 0 saturated carbocycles. The Hall–Kier alpha value is -2.37. The number of rotatable bonds is 11. The van der Waals surface area contributed by atoms with Crippen LogP contribution in [-0.4, -0.2) is 58.5 Å². The number of nitrogens with one attached hydrogen (secondary N) is 1. The second kappa shape index (κ2) is 10.8. The van der Waals surface area contributed by atoms with E-state index in [1.807, 2.05) is 6.08 Å². The number of hydroxylamine groups is 2. The molecule has 0 spiro atoms. The Morgan fingerprint density at radius 1 is 1.21 bits per heavy atom. The molecular formula is C20H28N2O6. The van der Waals surface area contributed by atoms with Crippen molar-refractivity contribution in [3.05, 3.63) is 12.2 Å². The lowest BCUT2D eigenvalue weighted by Crippen LogP contribution is -2.43. The van der Waals surface area contributed by atoms with Crippen molar-refractivity contribution in [1.82, 2.24) is 10.4 Å². The molecule has 2 rings (SSSR count). The van der Waals surface area contributed by atoms with Crippen LogP contribution in [0.4, 0.5) is 0 Å². The van der Waals surface area contributed by atoms with Gasteiger partial charge in [-0.25, -0.2) is 5.06 Å². The third-order valence-electron chi connectivity index (χ3n) is 5.30. The molecule has 0 radical (unpaired) electrons. The van der Waals surface area contributed by atoms with Gasteiger partial charge >= 0.3 is 5.97 Å². The fraction of sp³-hybridized carbons (Fsp3) is 0.650. The zero-order valence-corrected chi connectivity index (χ0v) is 15.9.